The van der Waals surface area contributed by atoms with Gasteiger partial charge < -0.3 is 5.32 Å². The van der Waals surface area contributed by atoms with Gasteiger partial charge in [0.15, 0.2) is 0 Å². The molecule has 0 heterocycles. The lowest BCUT2D eigenvalue weighted by molar-refractivity contribution is 0.00752. The summed E-state index contributed by atoms with van der Waals surface area (Å²) in [4.78, 5) is 0. The Morgan fingerprint density at radius 3 is 2.26 bits per heavy atom. The Labute approximate surface area is 128 Å². The molecule has 4 fully saturated rings. The maximum Gasteiger partial charge on any atom is 0.0593 e. The van der Waals surface area contributed by atoms with Crippen LogP contribution < -0.4 is 5.32 Å². The summed E-state index contributed by atoms with van der Waals surface area (Å²) >= 11 is 9.81. The highest BCUT2D eigenvalue weighted by atomic mass is 79.9. The molecule has 0 amide bonds. The fourth-order valence-corrected chi connectivity index (χ4v) is 5.51. The molecule has 19 heavy (non-hydrogen) atoms. The van der Waals surface area contributed by atoms with E-state index < -0.39 is 0 Å². The summed E-state index contributed by atoms with van der Waals surface area (Å²) in [5.41, 5.74) is 1.17. The SMILES string of the molecule is Clc1cccc(NC2C3CC4CC(C3)CC2C4)c1Br. The molecule has 102 valence electrons. The van der Waals surface area contributed by atoms with Crippen LogP contribution in [0.1, 0.15) is 32.1 Å². The van der Waals surface area contributed by atoms with Crippen LogP contribution in [0.4, 0.5) is 5.69 Å². The van der Waals surface area contributed by atoms with Gasteiger partial charge in [0, 0.05) is 6.04 Å². The van der Waals surface area contributed by atoms with E-state index in [1.54, 1.807) is 0 Å². The van der Waals surface area contributed by atoms with Crippen molar-refractivity contribution in [2.75, 3.05) is 5.32 Å². The van der Waals surface area contributed by atoms with Gasteiger partial charge in [-0.15, -0.1) is 0 Å². The highest BCUT2D eigenvalue weighted by molar-refractivity contribution is 9.10. The van der Waals surface area contributed by atoms with Gasteiger partial charge in [0.2, 0.25) is 0 Å². The van der Waals surface area contributed by atoms with E-state index in [9.17, 15) is 0 Å². The molecule has 4 aliphatic rings. The van der Waals surface area contributed by atoms with Crippen molar-refractivity contribution in [3.05, 3.63) is 27.7 Å². The normalized spacial score (nSPS) is 39.6. The van der Waals surface area contributed by atoms with E-state index in [2.05, 4.69) is 27.3 Å². The first-order valence-corrected chi connectivity index (χ1v) is 8.58. The zero-order chi connectivity index (χ0) is 13.0. The number of benzene rings is 1. The third-order valence-corrected chi connectivity index (χ3v) is 6.90. The van der Waals surface area contributed by atoms with Gasteiger partial charge in [-0.3, -0.25) is 0 Å². The summed E-state index contributed by atoms with van der Waals surface area (Å²) in [6.45, 7) is 0. The third kappa shape index (κ3) is 2.12. The van der Waals surface area contributed by atoms with Crippen molar-refractivity contribution < 1.29 is 0 Å². The van der Waals surface area contributed by atoms with Crippen LogP contribution >= 0.6 is 27.5 Å². The maximum atomic E-state index is 6.20. The van der Waals surface area contributed by atoms with Gasteiger partial charge in [0.1, 0.15) is 0 Å². The highest BCUT2D eigenvalue weighted by Crippen LogP contribution is 2.54. The Kier molecular flexibility index (Phi) is 3.07. The van der Waals surface area contributed by atoms with E-state index in [0.29, 0.717) is 6.04 Å². The molecule has 0 saturated heterocycles. The fourth-order valence-electron chi connectivity index (χ4n) is 4.96. The topological polar surface area (TPSA) is 12.0 Å². The standard InChI is InChI=1S/C16H19BrClN/c17-15-13(18)2-1-3-14(15)19-16-11-5-9-4-10(7-11)8-12(16)6-9/h1-3,9-12,16,19H,4-8H2. The van der Waals surface area contributed by atoms with Crippen LogP contribution in [0.25, 0.3) is 0 Å². The third-order valence-electron chi connectivity index (χ3n) is 5.50. The lowest BCUT2D eigenvalue weighted by atomic mass is 9.54. The van der Waals surface area contributed by atoms with E-state index in [0.717, 1.165) is 33.2 Å². The molecule has 0 spiro atoms. The maximum absolute atomic E-state index is 6.20. The molecule has 4 bridgehead atoms. The molecular weight excluding hydrogens is 322 g/mol. The van der Waals surface area contributed by atoms with Crippen molar-refractivity contribution in [1.29, 1.82) is 0 Å². The monoisotopic (exact) mass is 339 g/mol. The van der Waals surface area contributed by atoms with Crippen molar-refractivity contribution in [2.24, 2.45) is 23.7 Å². The lowest BCUT2D eigenvalue weighted by Gasteiger charge is -2.54. The lowest BCUT2D eigenvalue weighted by Crippen LogP contribution is -2.51. The van der Waals surface area contributed by atoms with E-state index >= 15 is 0 Å². The average molecular weight is 341 g/mol. The van der Waals surface area contributed by atoms with Gasteiger partial charge in [-0.25, -0.2) is 0 Å². The van der Waals surface area contributed by atoms with Gasteiger partial charge in [-0.05, 0) is 83.8 Å². The van der Waals surface area contributed by atoms with Crippen molar-refractivity contribution >= 4 is 33.2 Å². The summed E-state index contributed by atoms with van der Waals surface area (Å²) in [6, 6.07) is 6.78. The Balaban J connectivity index is 1.58. The molecule has 0 radical (unpaired) electrons. The molecule has 1 aromatic carbocycles. The number of halogens is 2. The number of rotatable bonds is 2. The Morgan fingerprint density at radius 2 is 1.63 bits per heavy atom. The van der Waals surface area contributed by atoms with Crippen LogP contribution in [0.5, 0.6) is 0 Å². The van der Waals surface area contributed by atoms with Crippen LogP contribution in [0.2, 0.25) is 5.02 Å². The number of nitrogens with one attached hydrogen (secondary N) is 1. The fraction of sp³-hybridized carbons (Fsp3) is 0.625. The Hall–Kier alpha value is -0.210. The number of hydrogen-bond donors (Lipinski definition) is 1. The predicted octanol–water partition coefficient (Wildman–Crippen LogP) is 5.34. The van der Waals surface area contributed by atoms with E-state index in [1.807, 2.05) is 12.1 Å². The Morgan fingerprint density at radius 1 is 1.00 bits per heavy atom. The smallest absolute Gasteiger partial charge is 0.0593 e. The van der Waals surface area contributed by atoms with Crippen LogP contribution in [0.3, 0.4) is 0 Å². The van der Waals surface area contributed by atoms with E-state index in [1.165, 1.54) is 37.8 Å². The molecular formula is C16H19BrClN. The summed E-state index contributed by atoms with van der Waals surface area (Å²) < 4.78 is 1.02. The molecule has 0 aromatic heterocycles. The number of hydrogen-bond acceptors (Lipinski definition) is 1. The van der Waals surface area contributed by atoms with Crippen LogP contribution in [0, 0.1) is 23.7 Å². The minimum atomic E-state index is 0.669. The molecule has 0 atom stereocenters. The van der Waals surface area contributed by atoms with E-state index in [4.69, 9.17) is 11.6 Å². The molecule has 1 N–H and O–H groups in total. The quantitative estimate of drug-likeness (QED) is 0.766. The number of anilines is 1. The molecule has 3 heteroatoms. The van der Waals surface area contributed by atoms with Crippen molar-refractivity contribution in [2.45, 2.75) is 38.1 Å². The van der Waals surface area contributed by atoms with Gasteiger partial charge in [0.05, 0.1) is 15.2 Å². The molecule has 4 saturated carbocycles. The first-order valence-electron chi connectivity index (χ1n) is 7.41. The highest BCUT2D eigenvalue weighted by Gasteiger charge is 2.48. The van der Waals surface area contributed by atoms with Crippen LogP contribution in [-0.2, 0) is 0 Å². The van der Waals surface area contributed by atoms with Crippen molar-refractivity contribution in [3.8, 4) is 0 Å². The zero-order valence-corrected chi connectivity index (χ0v) is 13.3. The Bertz CT molecular complexity index is 474. The van der Waals surface area contributed by atoms with Gasteiger partial charge in [0.25, 0.3) is 0 Å². The summed E-state index contributed by atoms with van der Waals surface area (Å²) in [7, 11) is 0. The second kappa shape index (κ2) is 4.66. The summed E-state index contributed by atoms with van der Waals surface area (Å²) in [5, 5.41) is 4.60. The first-order chi connectivity index (χ1) is 9.20. The summed E-state index contributed by atoms with van der Waals surface area (Å²) in [6.07, 6.45) is 7.30. The molecule has 1 nitrogen and oxygen atoms in total. The van der Waals surface area contributed by atoms with Gasteiger partial charge >= 0.3 is 0 Å². The molecule has 4 aliphatic carbocycles. The zero-order valence-electron chi connectivity index (χ0n) is 10.9. The largest absolute Gasteiger partial charge is 0.381 e. The van der Waals surface area contributed by atoms with Crippen molar-refractivity contribution in [3.63, 3.8) is 0 Å². The van der Waals surface area contributed by atoms with E-state index in [-0.39, 0.29) is 0 Å². The second-order valence-corrected chi connectivity index (χ2v) is 7.90. The second-order valence-electron chi connectivity index (χ2n) is 6.70. The summed E-state index contributed by atoms with van der Waals surface area (Å²) in [5.74, 6) is 3.84. The average Bonchev–Trinajstić information content (AvgIpc) is 2.38. The minimum Gasteiger partial charge on any atom is -0.381 e. The molecule has 0 aliphatic heterocycles. The predicted molar refractivity (Wildman–Crippen MR) is 83.6 cm³/mol. The van der Waals surface area contributed by atoms with Gasteiger partial charge in [-0.1, -0.05) is 17.7 Å². The first kappa shape index (κ1) is 12.5. The molecule has 5 rings (SSSR count). The molecule has 0 unspecified atom stereocenters. The minimum absolute atomic E-state index is 0.669. The van der Waals surface area contributed by atoms with Crippen molar-refractivity contribution in [1.82, 2.24) is 0 Å². The molecule has 1 aromatic rings. The van der Waals surface area contributed by atoms with Gasteiger partial charge in [-0.2, -0.15) is 0 Å². The van der Waals surface area contributed by atoms with Crippen LogP contribution in [0.15, 0.2) is 22.7 Å². The van der Waals surface area contributed by atoms with Crippen LogP contribution in [-0.4, -0.2) is 6.04 Å².